The van der Waals surface area contributed by atoms with Crippen molar-refractivity contribution < 1.29 is 14.3 Å². The van der Waals surface area contributed by atoms with E-state index < -0.39 is 0 Å². The lowest BCUT2D eigenvalue weighted by Gasteiger charge is -2.24. The summed E-state index contributed by atoms with van der Waals surface area (Å²) in [5.41, 5.74) is 3.70. The highest BCUT2D eigenvalue weighted by atomic mass is 16.5. The fraction of sp³-hybridized carbons (Fsp3) is 0.360. The maximum atomic E-state index is 12.9. The number of carbonyl (C=O) groups is 1. The van der Waals surface area contributed by atoms with Crippen molar-refractivity contribution in [2.45, 2.75) is 33.4 Å². The van der Waals surface area contributed by atoms with Crippen LogP contribution in [0.1, 0.15) is 25.0 Å². The van der Waals surface area contributed by atoms with Crippen LogP contribution in [-0.2, 0) is 18.3 Å². The zero-order chi connectivity index (χ0) is 23.1. The molecule has 1 heterocycles. The topological polar surface area (TPSA) is 68.6 Å². The van der Waals surface area contributed by atoms with Crippen LogP contribution in [0.5, 0.6) is 11.6 Å². The van der Waals surface area contributed by atoms with Gasteiger partial charge < -0.3 is 19.7 Å². The molecule has 2 aromatic carbocycles. The predicted molar refractivity (Wildman–Crippen MR) is 126 cm³/mol. The molecular formula is C25H32N4O3. The normalized spacial score (nSPS) is 10.9. The second kappa shape index (κ2) is 10.8. The zero-order valence-corrected chi connectivity index (χ0v) is 19.5. The molecule has 0 aliphatic rings. The SMILES string of the molecule is COCCN(Cc1c(-c2ccccc2)nn(C)c1Oc1cccc(C)c1)C(=O)NC(C)C. The molecule has 1 aromatic heterocycles. The Hall–Kier alpha value is -3.32. The molecule has 1 N–H and O–H groups in total. The number of rotatable bonds is 9. The highest BCUT2D eigenvalue weighted by Gasteiger charge is 2.24. The summed E-state index contributed by atoms with van der Waals surface area (Å²) in [6.45, 7) is 7.12. The number of amides is 2. The number of hydrogen-bond acceptors (Lipinski definition) is 4. The molecule has 170 valence electrons. The van der Waals surface area contributed by atoms with Gasteiger partial charge in [0, 0.05) is 32.3 Å². The first kappa shape index (κ1) is 23.3. The molecule has 32 heavy (non-hydrogen) atoms. The van der Waals surface area contributed by atoms with Gasteiger partial charge in [0.05, 0.1) is 18.7 Å². The van der Waals surface area contributed by atoms with E-state index >= 15 is 0 Å². The van der Waals surface area contributed by atoms with Gasteiger partial charge in [0.1, 0.15) is 11.4 Å². The van der Waals surface area contributed by atoms with Crippen LogP contribution in [0.25, 0.3) is 11.3 Å². The summed E-state index contributed by atoms with van der Waals surface area (Å²) >= 11 is 0. The molecule has 7 nitrogen and oxygen atoms in total. The predicted octanol–water partition coefficient (Wildman–Crippen LogP) is 4.75. The average Bonchev–Trinajstić information content (AvgIpc) is 3.06. The van der Waals surface area contributed by atoms with Gasteiger partial charge in [-0.05, 0) is 38.5 Å². The number of aromatic nitrogens is 2. The summed E-state index contributed by atoms with van der Waals surface area (Å²) in [6, 6.07) is 17.7. The van der Waals surface area contributed by atoms with Crippen molar-refractivity contribution in [3.63, 3.8) is 0 Å². The van der Waals surface area contributed by atoms with Crippen molar-refractivity contribution in [1.29, 1.82) is 0 Å². The van der Waals surface area contributed by atoms with Crippen molar-refractivity contribution in [3.05, 3.63) is 65.7 Å². The van der Waals surface area contributed by atoms with E-state index in [1.165, 1.54) is 0 Å². The van der Waals surface area contributed by atoms with E-state index in [2.05, 4.69) is 5.32 Å². The number of carbonyl (C=O) groups excluding carboxylic acids is 1. The Morgan fingerprint density at radius 3 is 2.56 bits per heavy atom. The van der Waals surface area contributed by atoms with Gasteiger partial charge in [-0.1, -0.05) is 42.5 Å². The van der Waals surface area contributed by atoms with Gasteiger partial charge in [-0.15, -0.1) is 0 Å². The number of nitrogens with one attached hydrogen (secondary N) is 1. The fourth-order valence-corrected chi connectivity index (χ4v) is 3.42. The monoisotopic (exact) mass is 436 g/mol. The van der Waals surface area contributed by atoms with Crippen molar-refractivity contribution in [3.8, 4) is 22.9 Å². The lowest BCUT2D eigenvalue weighted by Crippen LogP contribution is -2.44. The minimum absolute atomic E-state index is 0.0260. The summed E-state index contributed by atoms with van der Waals surface area (Å²) in [7, 11) is 3.49. The molecule has 3 rings (SSSR count). The Morgan fingerprint density at radius 2 is 1.91 bits per heavy atom. The Bertz CT molecular complexity index is 1030. The first-order chi connectivity index (χ1) is 15.4. The largest absolute Gasteiger partial charge is 0.439 e. The molecule has 0 aliphatic heterocycles. The van der Waals surface area contributed by atoms with Crippen molar-refractivity contribution in [2.24, 2.45) is 7.05 Å². The van der Waals surface area contributed by atoms with Gasteiger partial charge in [-0.2, -0.15) is 5.10 Å². The molecule has 2 amide bonds. The van der Waals surface area contributed by atoms with Gasteiger partial charge in [0.2, 0.25) is 5.88 Å². The standard InChI is InChI=1S/C25H32N4O3/c1-18(2)26-25(30)29(14-15-31-5)17-22-23(20-11-7-6-8-12-20)27-28(4)24(22)32-21-13-9-10-19(3)16-21/h6-13,16,18H,14-15,17H2,1-5H3,(H,26,30). The maximum Gasteiger partial charge on any atom is 0.317 e. The third-order valence-electron chi connectivity index (χ3n) is 4.95. The molecule has 0 bridgehead atoms. The smallest absolute Gasteiger partial charge is 0.317 e. The van der Waals surface area contributed by atoms with Gasteiger partial charge >= 0.3 is 6.03 Å². The van der Waals surface area contributed by atoms with Crippen LogP contribution in [0.3, 0.4) is 0 Å². The van der Waals surface area contributed by atoms with Crippen LogP contribution in [0.4, 0.5) is 4.79 Å². The number of aryl methyl sites for hydroxylation is 2. The van der Waals surface area contributed by atoms with E-state index in [1.54, 1.807) is 16.7 Å². The van der Waals surface area contributed by atoms with Crippen molar-refractivity contribution >= 4 is 6.03 Å². The van der Waals surface area contributed by atoms with E-state index in [0.29, 0.717) is 25.6 Å². The number of urea groups is 1. The first-order valence-electron chi connectivity index (χ1n) is 10.8. The molecule has 0 fully saturated rings. The summed E-state index contributed by atoms with van der Waals surface area (Å²) < 4.78 is 13.3. The Labute approximate surface area is 190 Å². The van der Waals surface area contributed by atoms with E-state index in [-0.39, 0.29) is 12.1 Å². The van der Waals surface area contributed by atoms with Gasteiger partial charge in [-0.25, -0.2) is 9.48 Å². The van der Waals surface area contributed by atoms with E-state index in [9.17, 15) is 4.79 Å². The number of benzene rings is 2. The molecule has 0 radical (unpaired) electrons. The van der Waals surface area contributed by atoms with Crippen LogP contribution in [0, 0.1) is 6.92 Å². The molecule has 0 aliphatic carbocycles. The third-order valence-corrected chi connectivity index (χ3v) is 4.95. The van der Waals surface area contributed by atoms with Crippen molar-refractivity contribution in [1.82, 2.24) is 20.0 Å². The van der Waals surface area contributed by atoms with Gasteiger partial charge in [0.25, 0.3) is 0 Å². The van der Waals surface area contributed by atoms with Crippen LogP contribution in [0.2, 0.25) is 0 Å². The van der Waals surface area contributed by atoms with Crippen molar-refractivity contribution in [2.75, 3.05) is 20.3 Å². The van der Waals surface area contributed by atoms with Gasteiger partial charge in [-0.3, -0.25) is 0 Å². The minimum Gasteiger partial charge on any atom is -0.439 e. The first-order valence-corrected chi connectivity index (χ1v) is 10.8. The summed E-state index contributed by atoms with van der Waals surface area (Å²) in [5, 5.41) is 7.73. The zero-order valence-electron chi connectivity index (χ0n) is 19.5. The number of nitrogens with zero attached hydrogens (tertiary/aromatic N) is 3. The van der Waals surface area contributed by atoms with E-state index in [4.69, 9.17) is 14.6 Å². The van der Waals surface area contributed by atoms with E-state index in [0.717, 1.165) is 28.1 Å². The number of hydrogen-bond donors (Lipinski definition) is 1. The van der Waals surface area contributed by atoms with Crippen LogP contribution in [0.15, 0.2) is 54.6 Å². The van der Waals surface area contributed by atoms with Crippen LogP contribution < -0.4 is 10.1 Å². The fourth-order valence-electron chi connectivity index (χ4n) is 3.42. The van der Waals surface area contributed by atoms with E-state index in [1.807, 2.05) is 82.4 Å². The lowest BCUT2D eigenvalue weighted by molar-refractivity contribution is 0.145. The Kier molecular flexibility index (Phi) is 7.89. The molecule has 0 unspecified atom stereocenters. The number of ether oxygens (including phenoxy) is 2. The molecule has 0 spiro atoms. The highest BCUT2D eigenvalue weighted by Crippen LogP contribution is 2.34. The molecular weight excluding hydrogens is 404 g/mol. The van der Waals surface area contributed by atoms with Crippen LogP contribution in [-0.4, -0.2) is 47.0 Å². The second-order valence-corrected chi connectivity index (χ2v) is 8.06. The Morgan fingerprint density at radius 1 is 1.16 bits per heavy atom. The molecule has 7 heteroatoms. The second-order valence-electron chi connectivity index (χ2n) is 8.06. The van der Waals surface area contributed by atoms with Gasteiger partial charge in [0.15, 0.2) is 0 Å². The minimum atomic E-state index is -0.151. The Balaban J connectivity index is 2.04. The highest BCUT2D eigenvalue weighted by molar-refractivity contribution is 5.75. The summed E-state index contributed by atoms with van der Waals surface area (Å²) in [5.74, 6) is 1.33. The lowest BCUT2D eigenvalue weighted by atomic mass is 10.1. The summed E-state index contributed by atoms with van der Waals surface area (Å²) in [6.07, 6.45) is 0. The number of methoxy groups -OCH3 is 1. The maximum absolute atomic E-state index is 12.9. The molecule has 0 saturated carbocycles. The molecule has 3 aromatic rings. The molecule has 0 saturated heterocycles. The quantitative estimate of drug-likeness (QED) is 0.525. The molecule has 0 atom stereocenters. The average molecular weight is 437 g/mol. The third kappa shape index (κ3) is 5.88. The van der Waals surface area contributed by atoms with Crippen LogP contribution >= 0.6 is 0 Å². The summed E-state index contributed by atoms with van der Waals surface area (Å²) in [4.78, 5) is 14.7.